The highest BCUT2D eigenvalue weighted by atomic mass is 16.5. The van der Waals surface area contributed by atoms with Crippen LogP contribution in [0.25, 0.3) is 10.8 Å². The van der Waals surface area contributed by atoms with Crippen LogP contribution in [-0.4, -0.2) is 12.3 Å². The molecule has 4 unspecified atom stereocenters. The van der Waals surface area contributed by atoms with Gasteiger partial charge in [0.05, 0.1) is 5.57 Å². The molecule has 5 nitrogen and oxygen atoms in total. The number of nitrogens with zero attached hydrogens (tertiary/aromatic N) is 1. The van der Waals surface area contributed by atoms with E-state index < -0.39 is 0 Å². The maximum Gasteiger partial charge on any atom is 0.200 e. The molecule has 2 aliphatic rings. The Morgan fingerprint density at radius 1 is 1.13 bits per heavy atom. The molecule has 0 aliphatic carbocycles. The lowest BCUT2D eigenvalue weighted by Gasteiger charge is -2.35. The first-order chi connectivity index (χ1) is 11.2. The summed E-state index contributed by atoms with van der Waals surface area (Å²) in [5, 5.41) is 12.0. The van der Waals surface area contributed by atoms with E-state index in [4.69, 9.17) is 10.5 Å². The fourth-order valence-corrected chi connectivity index (χ4v) is 3.70. The number of ether oxygens (including phenoxy) is 1. The molecule has 23 heavy (non-hydrogen) atoms. The number of hydrazine groups is 1. The summed E-state index contributed by atoms with van der Waals surface area (Å²) in [6, 6.07) is 17.0. The van der Waals surface area contributed by atoms with Gasteiger partial charge in [-0.2, -0.15) is 5.26 Å². The number of allylic oxidation sites excluding steroid dienone is 1. The average molecular weight is 306 g/mol. The SMILES string of the molecule is CC1NNC2OC(N)=C(C#N)C(c3ccc4ccccc4c3)C12. The van der Waals surface area contributed by atoms with E-state index in [9.17, 15) is 5.26 Å². The molecule has 2 aliphatic heterocycles. The first kappa shape index (κ1) is 14.1. The summed E-state index contributed by atoms with van der Waals surface area (Å²) < 4.78 is 5.68. The van der Waals surface area contributed by atoms with E-state index in [1.165, 1.54) is 5.39 Å². The number of fused-ring (bicyclic) bond motifs is 2. The number of nitriles is 1. The van der Waals surface area contributed by atoms with Gasteiger partial charge in [0.2, 0.25) is 5.88 Å². The number of nitrogens with two attached hydrogens (primary N) is 1. The Labute approximate surface area is 134 Å². The average Bonchev–Trinajstić information content (AvgIpc) is 2.93. The lowest BCUT2D eigenvalue weighted by molar-refractivity contribution is 0.0351. The van der Waals surface area contributed by atoms with Crippen molar-refractivity contribution in [2.24, 2.45) is 11.7 Å². The lowest BCUT2D eigenvalue weighted by atomic mass is 9.75. The van der Waals surface area contributed by atoms with E-state index in [1.807, 2.05) is 12.1 Å². The number of hydrogen-bond acceptors (Lipinski definition) is 5. The molecular formula is C18H18N4O. The van der Waals surface area contributed by atoms with Crippen molar-refractivity contribution in [1.29, 1.82) is 5.26 Å². The Balaban J connectivity index is 1.87. The summed E-state index contributed by atoms with van der Waals surface area (Å²) in [7, 11) is 0. The minimum Gasteiger partial charge on any atom is -0.458 e. The van der Waals surface area contributed by atoms with Crippen LogP contribution in [0.5, 0.6) is 0 Å². The molecule has 2 heterocycles. The summed E-state index contributed by atoms with van der Waals surface area (Å²) in [5.74, 6) is 0.245. The molecule has 0 amide bonds. The summed E-state index contributed by atoms with van der Waals surface area (Å²) in [6.07, 6.45) is -0.224. The van der Waals surface area contributed by atoms with Crippen LogP contribution in [0.3, 0.4) is 0 Å². The van der Waals surface area contributed by atoms with Crippen molar-refractivity contribution >= 4 is 10.8 Å². The van der Waals surface area contributed by atoms with Gasteiger partial charge in [-0.3, -0.25) is 5.43 Å². The van der Waals surface area contributed by atoms with Gasteiger partial charge in [-0.25, -0.2) is 5.43 Å². The third-order valence-corrected chi connectivity index (χ3v) is 4.85. The molecule has 0 saturated carbocycles. The number of nitrogens with one attached hydrogen (secondary N) is 2. The second kappa shape index (κ2) is 5.27. The van der Waals surface area contributed by atoms with Crippen LogP contribution in [0.15, 0.2) is 53.9 Å². The zero-order valence-corrected chi connectivity index (χ0v) is 12.8. The molecule has 4 rings (SSSR count). The highest BCUT2D eigenvalue weighted by Crippen LogP contribution is 2.43. The predicted molar refractivity (Wildman–Crippen MR) is 87.6 cm³/mol. The third kappa shape index (κ3) is 2.15. The summed E-state index contributed by atoms with van der Waals surface area (Å²) in [6.45, 7) is 2.09. The van der Waals surface area contributed by atoms with E-state index in [-0.39, 0.29) is 30.0 Å². The molecule has 116 valence electrons. The van der Waals surface area contributed by atoms with Crippen LogP contribution in [0.2, 0.25) is 0 Å². The van der Waals surface area contributed by atoms with Crippen molar-refractivity contribution in [3.63, 3.8) is 0 Å². The van der Waals surface area contributed by atoms with Crippen molar-refractivity contribution in [3.05, 3.63) is 59.5 Å². The molecule has 4 N–H and O–H groups in total. The van der Waals surface area contributed by atoms with Gasteiger partial charge in [0.1, 0.15) is 6.07 Å². The standard InChI is InChI=1S/C18H18N4O/c1-10-15-16(14(9-19)17(20)23-18(15)22-21-10)13-7-6-11-4-2-3-5-12(11)8-13/h2-8,10,15-16,18,21-22H,20H2,1H3. The monoisotopic (exact) mass is 306 g/mol. The van der Waals surface area contributed by atoms with E-state index in [1.54, 1.807) is 0 Å². The molecule has 0 spiro atoms. The first-order valence-electron chi connectivity index (χ1n) is 7.75. The van der Waals surface area contributed by atoms with E-state index in [0.717, 1.165) is 10.9 Å². The van der Waals surface area contributed by atoms with Crippen molar-refractivity contribution in [2.75, 3.05) is 0 Å². The topological polar surface area (TPSA) is 83.1 Å². The molecule has 4 atom stereocenters. The van der Waals surface area contributed by atoms with Crippen LogP contribution in [0.4, 0.5) is 0 Å². The van der Waals surface area contributed by atoms with E-state index in [2.05, 4.69) is 54.2 Å². The van der Waals surface area contributed by atoms with Crippen LogP contribution in [-0.2, 0) is 4.74 Å². The van der Waals surface area contributed by atoms with Gasteiger partial charge in [-0.1, -0.05) is 42.5 Å². The lowest BCUT2D eigenvalue weighted by Crippen LogP contribution is -2.41. The molecule has 0 radical (unpaired) electrons. The number of hydrogen-bond donors (Lipinski definition) is 3. The summed E-state index contributed by atoms with van der Waals surface area (Å²) in [5.41, 5.74) is 13.9. The van der Waals surface area contributed by atoms with Crippen molar-refractivity contribution in [2.45, 2.75) is 25.1 Å². The molecule has 0 aromatic heterocycles. The van der Waals surface area contributed by atoms with Crippen LogP contribution in [0.1, 0.15) is 18.4 Å². The molecule has 1 saturated heterocycles. The molecule has 2 aromatic rings. The second-order valence-corrected chi connectivity index (χ2v) is 6.17. The van der Waals surface area contributed by atoms with E-state index >= 15 is 0 Å². The quantitative estimate of drug-likeness (QED) is 0.751. The Hall–Kier alpha value is -2.55. The van der Waals surface area contributed by atoms with Gasteiger partial charge < -0.3 is 10.5 Å². The third-order valence-electron chi connectivity index (χ3n) is 4.85. The van der Waals surface area contributed by atoms with Crippen molar-refractivity contribution in [3.8, 4) is 6.07 Å². The van der Waals surface area contributed by atoms with Crippen LogP contribution < -0.4 is 16.6 Å². The zero-order valence-electron chi connectivity index (χ0n) is 12.8. The van der Waals surface area contributed by atoms with Gasteiger partial charge in [-0.15, -0.1) is 0 Å². The Bertz CT molecular complexity index is 838. The van der Waals surface area contributed by atoms with Gasteiger partial charge in [0.25, 0.3) is 0 Å². The smallest absolute Gasteiger partial charge is 0.200 e. The fourth-order valence-electron chi connectivity index (χ4n) is 3.70. The maximum absolute atomic E-state index is 9.60. The highest BCUT2D eigenvalue weighted by molar-refractivity contribution is 5.83. The number of rotatable bonds is 1. The molecule has 1 fully saturated rings. The summed E-state index contributed by atoms with van der Waals surface area (Å²) in [4.78, 5) is 0. The van der Waals surface area contributed by atoms with Gasteiger partial charge >= 0.3 is 0 Å². The molecular weight excluding hydrogens is 288 g/mol. The minimum absolute atomic E-state index is 0.0825. The van der Waals surface area contributed by atoms with E-state index in [0.29, 0.717) is 5.57 Å². The minimum atomic E-state index is -0.224. The normalized spacial score (nSPS) is 29.9. The Morgan fingerprint density at radius 2 is 1.91 bits per heavy atom. The number of benzene rings is 2. The molecule has 2 aromatic carbocycles. The zero-order chi connectivity index (χ0) is 16.0. The highest BCUT2D eigenvalue weighted by Gasteiger charge is 2.47. The van der Waals surface area contributed by atoms with Crippen LogP contribution >= 0.6 is 0 Å². The van der Waals surface area contributed by atoms with Crippen LogP contribution in [0, 0.1) is 17.2 Å². The largest absolute Gasteiger partial charge is 0.458 e. The van der Waals surface area contributed by atoms with Gasteiger partial charge in [0, 0.05) is 17.9 Å². The van der Waals surface area contributed by atoms with Gasteiger partial charge in [0.15, 0.2) is 6.23 Å². The Kier molecular flexibility index (Phi) is 3.22. The van der Waals surface area contributed by atoms with Gasteiger partial charge in [-0.05, 0) is 23.3 Å². The van der Waals surface area contributed by atoms with Crippen molar-refractivity contribution < 1.29 is 4.74 Å². The van der Waals surface area contributed by atoms with Crippen molar-refractivity contribution in [1.82, 2.24) is 10.9 Å². The molecule has 5 heteroatoms. The molecule has 0 bridgehead atoms. The second-order valence-electron chi connectivity index (χ2n) is 6.17. The summed E-state index contributed by atoms with van der Waals surface area (Å²) >= 11 is 0. The predicted octanol–water partition coefficient (Wildman–Crippen LogP) is 2.09. The first-order valence-corrected chi connectivity index (χ1v) is 7.75. The Morgan fingerprint density at radius 3 is 2.70 bits per heavy atom. The fraction of sp³-hybridized carbons (Fsp3) is 0.278. The maximum atomic E-state index is 9.60.